The van der Waals surface area contributed by atoms with Crippen molar-refractivity contribution in [1.82, 2.24) is 15.1 Å². The molecule has 0 bridgehead atoms. The molecule has 9 heteroatoms. The minimum Gasteiger partial charge on any atom is -0.390 e. The molecule has 44 heavy (non-hydrogen) atoms. The van der Waals surface area contributed by atoms with Gasteiger partial charge in [0.15, 0.2) is 0 Å². The number of piperazine rings is 1. The van der Waals surface area contributed by atoms with Crippen molar-refractivity contribution in [1.29, 1.82) is 0 Å². The van der Waals surface area contributed by atoms with Crippen molar-refractivity contribution in [3.63, 3.8) is 0 Å². The summed E-state index contributed by atoms with van der Waals surface area (Å²) in [7, 11) is 0. The van der Waals surface area contributed by atoms with Crippen LogP contribution in [0.1, 0.15) is 94.4 Å². The van der Waals surface area contributed by atoms with Crippen LogP contribution in [-0.4, -0.2) is 70.3 Å². The van der Waals surface area contributed by atoms with Gasteiger partial charge in [-0.2, -0.15) is 0 Å². The largest absolute Gasteiger partial charge is 0.390 e. The highest BCUT2D eigenvalue weighted by atomic mass is 35.5. The Bertz CT molecular complexity index is 1230. The summed E-state index contributed by atoms with van der Waals surface area (Å²) in [6.07, 6.45) is 8.97. The van der Waals surface area contributed by atoms with Crippen molar-refractivity contribution in [3.05, 3.63) is 71.3 Å². The van der Waals surface area contributed by atoms with Gasteiger partial charge in [0.05, 0.1) is 12.3 Å². The topological polar surface area (TPSA) is 94.5 Å². The smallest absolute Gasteiger partial charge is 0.248 e. The first-order valence-corrected chi connectivity index (χ1v) is 16.3. The molecule has 1 spiro atoms. The van der Waals surface area contributed by atoms with Crippen LogP contribution in [-0.2, 0) is 21.0 Å². The van der Waals surface area contributed by atoms with Crippen molar-refractivity contribution >= 4 is 30.4 Å². The molecule has 0 aromatic heterocycles. The normalized spacial score (nSPS) is 22.4. The van der Waals surface area contributed by atoms with Gasteiger partial charge in [0.2, 0.25) is 11.8 Å². The summed E-state index contributed by atoms with van der Waals surface area (Å²) in [5.74, 6) is -0.107. The number of piperidine rings is 1. The fourth-order valence-corrected chi connectivity index (χ4v) is 6.97. The molecule has 2 aromatic rings. The van der Waals surface area contributed by atoms with Crippen molar-refractivity contribution in [2.24, 2.45) is 11.1 Å². The van der Waals surface area contributed by atoms with Crippen molar-refractivity contribution in [2.45, 2.75) is 102 Å². The van der Waals surface area contributed by atoms with E-state index in [0.29, 0.717) is 19.4 Å². The fraction of sp³-hybridized carbons (Fsp3) is 0.571. The lowest BCUT2D eigenvalue weighted by Gasteiger charge is -2.52. The summed E-state index contributed by atoms with van der Waals surface area (Å²) in [4.78, 5) is 37.4. The lowest BCUT2D eigenvalue weighted by molar-refractivity contribution is -0.166. The van der Waals surface area contributed by atoms with E-state index in [4.69, 9.17) is 4.84 Å². The SMILES string of the molecule is CCCCN1C(=O)[C@@H]([C@H](O)C2CCCCC2)NC(=O)C12CCN(Cc1ccc(/C=N/O[C@H](C)c3ccccc3)cc1)CC2.Cl. The zero-order valence-corrected chi connectivity index (χ0v) is 27.0. The summed E-state index contributed by atoms with van der Waals surface area (Å²) >= 11 is 0. The molecule has 1 aliphatic carbocycles. The van der Waals surface area contributed by atoms with Gasteiger partial charge in [0, 0.05) is 26.2 Å². The zero-order valence-electron chi connectivity index (χ0n) is 26.2. The Morgan fingerprint density at radius 1 is 1.05 bits per heavy atom. The van der Waals surface area contributed by atoms with E-state index in [0.717, 1.165) is 69.3 Å². The lowest BCUT2D eigenvalue weighted by Crippen LogP contribution is -2.75. The Hall–Kier alpha value is -2.94. The number of unbranched alkanes of at least 4 members (excludes halogenated alkanes) is 1. The van der Waals surface area contributed by atoms with Gasteiger partial charge in [-0.1, -0.05) is 92.4 Å². The highest BCUT2D eigenvalue weighted by Crippen LogP contribution is 2.36. The molecular formula is C35H49ClN4O4. The Balaban J connectivity index is 0.00000442. The molecule has 2 aliphatic heterocycles. The van der Waals surface area contributed by atoms with Gasteiger partial charge < -0.3 is 20.2 Å². The molecule has 3 aliphatic rings. The summed E-state index contributed by atoms with van der Waals surface area (Å²) in [6.45, 7) is 6.89. The Labute approximate surface area is 268 Å². The van der Waals surface area contributed by atoms with Gasteiger partial charge in [-0.3, -0.25) is 14.5 Å². The van der Waals surface area contributed by atoms with E-state index in [-0.39, 0.29) is 36.2 Å². The average Bonchev–Trinajstić information content (AvgIpc) is 3.05. The minimum absolute atomic E-state index is 0. The molecule has 2 aromatic carbocycles. The molecule has 3 fully saturated rings. The molecule has 3 atom stereocenters. The second-order valence-electron chi connectivity index (χ2n) is 12.6. The molecule has 5 rings (SSSR count). The molecular weight excluding hydrogens is 576 g/mol. The van der Waals surface area contributed by atoms with Gasteiger partial charge in [0.1, 0.15) is 17.7 Å². The number of rotatable bonds is 11. The van der Waals surface area contributed by atoms with Crippen LogP contribution in [0.2, 0.25) is 0 Å². The Morgan fingerprint density at radius 2 is 1.73 bits per heavy atom. The molecule has 2 saturated heterocycles. The van der Waals surface area contributed by atoms with Crippen LogP contribution < -0.4 is 5.32 Å². The zero-order chi connectivity index (χ0) is 30.2. The van der Waals surface area contributed by atoms with Crippen LogP contribution in [0.4, 0.5) is 0 Å². The average molecular weight is 625 g/mol. The fourth-order valence-electron chi connectivity index (χ4n) is 6.97. The number of oxime groups is 1. The second kappa shape index (κ2) is 15.9. The summed E-state index contributed by atoms with van der Waals surface area (Å²) in [5, 5.41) is 18.4. The highest BCUT2D eigenvalue weighted by molar-refractivity contribution is 6.00. The van der Waals surface area contributed by atoms with Crippen LogP contribution in [0.25, 0.3) is 0 Å². The molecule has 1 saturated carbocycles. The molecule has 2 amide bonds. The summed E-state index contributed by atoms with van der Waals surface area (Å²) < 4.78 is 0. The second-order valence-corrected chi connectivity index (χ2v) is 12.6. The first kappa shape index (κ1) is 33.9. The van der Waals surface area contributed by atoms with Crippen LogP contribution >= 0.6 is 12.4 Å². The number of nitrogens with one attached hydrogen (secondary N) is 1. The van der Waals surface area contributed by atoms with E-state index < -0.39 is 17.7 Å². The summed E-state index contributed by atoms with van der Waals surface area (Å²) in [5.41, 5.74) is 2.41. The minimum atomic E-state index is -0.831. The van der Waals surface area contributed by atoms with Gasteiger partial charge >= 0.3 is 0 Å². The van der Waals surface area contributed by atoms with Crippen molar-refractivity contribution in [2.75, 3.05) is 19.6 Å². The lowest BCUT2D eigenvalue weighted by atomic mass is 9.78. The quantitative estimate of drug-likeness (QED) is 0.250. The molecule has 2 heterocycles. The Kier molecular flexibility index (Phi) is 12.2. The molecule has 240 valence electrons. The summed E-state index contributed by atoms with van der Waals surface area (Å²) in [6, 6.07) is 17.5. The number of hydrogen-bond donors (Lipinski definition) is 2. The number of nitrogens with zero attached hydrogens (tertiary/aromatic N) is 3. The van der Waals surface area contributed by atoms with Gasteiger partial charge in [0.25, 0.3) is 0 Å². The molecule has 0 unspecified atom stereocenters. The van der Waals surface area contributed by atoms with Crippen molar-refractivity contribution < 1.29 is 19.5 Å². The molecule has 8 nitrogen and oxygen atoms in total. The molecule has 0 radical (unpaired) electrons. The van der Waals surface area contributed by atoms with Crippen LogP contribution in [0.15, 0.2) is 59.8 Å². The predicted octanol–water partition coefficient (Wildman–Crippen LogP) is 5.62. The first-order chi connectivity index (χ1) is 20.9. The predicted molar refractivity (Wildman–Crippen MR) is 176 cm³/mol. The van der Waals surface area contributed by atoms with Crippen LogP contribution in [0.5, 0.6) is 0 Å². The maximum absolute atomic E-state index is 13.8. The number of carbonyl (C=O) groups is 2. The standard InChI is InChI=1S/C35H48N4O4.ClH/c1-3-4-21-39-33(41)31(32(40)30-13-9-6-10-14-30)37-34(42)35(39)19-22-38(23-20-35)25-28-17-15-27(16-18-28)24-36-43-26(2)29-11-7-5-8-12-29;/h5,7-8,11-12,15-18,24,26,30-32,40H,3-4,6,9-10,13-14,19-23,25H2,1-2H3,(H,37,42);1H/b36-24+;/t26-,31-,32-;/m1./s1. The maximum Gasteiger partial charge on any atom is 0.248 e. The third-order valence-electron chi connectivity index (χ3n) is 9.73. The number of carbonyl (C=O) groups excluding carboxylic acids is 2. The third kappa shape index (κ3) is 7.82. The maximum atomic E-state index is 13.8. The van der Waals surface area contributed by atoms with E-state index in [2.05, 4.69) is 34.4 Å². The van der Waals surface area contributed by atoms with E-state index >= 15 is 0 Å². The van der Waals surface area contributed by atoms with Gasteiger partial charge in [-0.25, -0.2) is 0 Å². The highest BCUT2D eigenvalue weighted by Gasteiger charge is 2.55. The molecule has 2 N–H and O–H groups in total. The van der Waals surface area contributed by atoms with E-state index in [9.17, 15) is 14.7 Å². The van der Waals surface area contributed by atoms with Crippen molar-refractivity contribution in [3.8, 4) is 0 Å². The van der Waals surface area contributed by atoms with Crippen LogP contribution in [0.3, 0.4) is 0 Å². The Morgan fingerprint density at radius 3 is 2.39 bits per heavy atom. The van der Waals surface area contributed by atoms with Gasteiger partial charge in [-0.15, -0.1) is 12.4 Å². The number of halogens is 1. The number of aliphatic hydroxyl groups is 1. The number of benzene rings is 2. The number of likely N-dealkylation sites (tertiary alicyclic amines) is 1. The van der Waals surface area contributed by atoms with E-state index in [1.165, 1.54) is 12.0 Å². The number of aliphatic hydroxyl groups excluding tert-OH is 1. The number of amides is 2. The van der Waals surface area contributed by atoms with Crippen LogP contribution in [0, 0.1) is 5.92 Å². The monoisotopic (exact) mass is 624 g/mol. The first-order valence-electron chi connectivity index (χ1n) is 16.3. The third-order valence-corrected chi connectivity index (χ3v) is 9.73. The van der Waals surface area contributed by atoms with E-state index in [1.54, 1.807) is 6.21 Å². The number of hydrogen-bond acceptors (Lipinski definition) is 6. The van der Waals surface area contributed by atoms with Gasteiger partial charge in [-0.05, 0) is 61.6 Å². The van der Waals surface area contributed by atoms with E-state index in [1.807, 2.05) is 54.3 Å².